The monoisotopic (exact) mass is 436 g/mol. The lowest BCUT2D eigenvalue weighted by molar-refractivity contribution is -0.118. The Hall–Kier alpha value is -3.75. The van der Waals surface area contributed by atoms with Gasteiger partial charge >= 0.3 is 0 Å². The smallest absolute Gasteiger partial charge is 0.274 e. The van der Waals surface area contributed by atoms with Gasteiger partial charge in [0.15, 0.2) is 0 Å². The summed E-state index contributed by atoms with van der Waals surface area (Å²) in [6.07, 6.45) is 4.75. The van der Waals surface area contributed by atoms with Crippen LogP contribution in [0.2, 0.25) is 0 Å². The first kappa shape index (κ1) is 21.5. The minimum Gasteiger partial charge on any atom is -0.366 e. The Morgan fingerprint density at radius 2 is 1.78 bits per heavy atom. The molecular weight excluding hydrogens is 411 g/mol. The molecule has 8 nitrogen and oxygen atoms in total. The molecule has 1 aliphatic heterocycles. The second-order valence-corrected chi connectivity index (χ2v) is 7.95. The van der Waals surface area contributed by atoms with Crippen LogP contribution in [0.3, 0.4) is 0 Å². The molecule has 0 unspecified atom stereocenters. The molecule has 1 aliphatic rings. The fourth-order valence-electron chi connectivity index (χ4n) is 3.48. The molecule has 2 amide bonds. The van der Waals surface area contributed by atoms with Gasteiger partial charge in [0.25, 0.3) is 5.91 Å². The van der Waals surface area contributed by atoms with Gasteiger partial charge in [-0.3, -0.25) is 14.2 Å². The molecule has 3 heterocycles. The average Bonchev–Trinajstić information content (AvgIpc) is 3.30. The Labute approximate surface area is 185 Å². The van der Waals surface area contributed by atoms with E-state index in [4.69, 9.17) is 0 Å². The molecular formula is C23H25FN6O2. The Morgan fingerprint density at radius 1 is 1.03 bits per heavy atom. The van der Waals surface area contributed by atoms with Crippen molar-refractivity contribution in [1.82, 2.24) is 19.4 Å². The third-order valence-corrected chi connectivity index (χ3v) is 5.37. The fourth-order valence-corrected chi connectivity index (χ4v) is 3.48. The lowest BCUT2D eigenvalue weighted by Gasteiger charge is -2.35. The second-order valence-electron chi connectivity index (χ2n) is 7.95. The molecule has 1 N–H and O–H groups in total. The van der Waals surface area contributed by atoms with Gasteiger partial charge in [0.05, 0.1) is 17.6 Å². The molecule has 9 heteroatoms. The van der Waals surface area contributed by atoms with Crippen LogP contribution in [-0.2, 0) is 4.79 Å². The van der Waals surface area contributed by atoms with Crippen molar-refractivity contribution in [2.45, 2.75) is 13.8 Å². The number of nitrogens with zero attached hydrogens (tertiary/aromatic N) is 5. The summed E-state index contributed by atoms with van der Waals surface area (Å²) >= 11 is 0. The molecule has 2 aromatic heterocycles. The first-order valence-electron chi connectivity index (χ1n) is 10.5. The van der Waals surface area contributed by atoms with Gasteiger partial charge in [0, 0.05) is 38.3 Å². The summed E-state index contributed by atoms with van der Waals surface area (Å²) in [5.41, 5.74) is 1.49. The number of amides is 2. The maximum Gasteiger partial charge on any atom is 0.274 e. The molecule has 0 saturated carbocycles. The number of hydrogen-bond donors (Lipinski definition) is 1. The Kier molecular flexibility index (Phi) is 6.16. The highest BCUT2D eigenvalue weighted by Gasteiger charge is 2.25. The van der Waals surface area contributed by atoms with Gasteiger partial charge in [-0.05, 0) is 24.3 Å². The first-order chi connectivity index (χ1) is 15.4. The highest BCUT2D eigenvalue weighted by molar-refractivity contribution is 5.92. The quantitative estimate of drug-likeness (QED) is 0.665. The number of para-hydroxylation sites is 1. The van der Waals surface area contributed by atoms with Crippen LogP contribution in [0, 0.1) is 11.7 Å². The van der Waals surface area contributed by atoms with Crippen LogP contribution < -0.4 is 10.2 Å². The largest absolute Gasteiger partial charge is 0.366 e. The Bertz CT molecular complexity index is 1100. The van der Waals surface area contributed by atoms with Gasteiger partial charge in [0.2, 0.25) is 5.91 Å². The van der Waals surface area contributed by atoms with E-state index in [1.807, 2.05) is 18.7 Å². The molecule has 4 rings (SSSR count). The summed E-state index contributed by atoms with van der Waals surface area (Å²) in [5, 5.41) is 2.79. The molecule has 0 spiro atoms. The van der Waals surface area contributed by atoms with E-state index < -0.39 is 0 Å². The van der Waals surface area contributed by atoms with Crippen molar-refractivity contribution in [3.63, 3.8) is 0 Å². The van der Waals surface area contributed by atoms with Crippen LogP contribution in [-0.4, -0.2) is 57.4 Å². The number of carbonyl (C=O) groups is 2. The average molecular weight is 436 g/mol. The third-order valence-electron chi connectivity index (χ3n) is 5.37. The lowest BCUT2D eigenvalue weighted by Crippen LogP contribution is -2.49. The van der Waals surface area contributed by atoms with Gasteiger partial charge < -0.3 is 15.1 Å². The topological polar surface area (TPSA) is 83.4 Å². The number of pyridine rings is 1. The number of aromatic nitrogens is 3. The van der Waals surface area contributed by atoms with Crippen LogP contribution in [0.1, 0.15) is 24.3 Å². The van der Waals surface area contributed by atoms with Gasteiger partial charge in [-0.25, -0.2) is 14.4 Å². The van der Waals surface area contributed by atoms with E-state index in [-0.39, 0.29) is 23.5 Å². The molecule has 1 aromatic carbocycles. The minimum absolute atomic E-state index is 0.0786. The van der Waals surface area contributed by atoms with E-state index >= 15 is 0 Å². The predicted octanol–water partition coefficient (Wildman–Crippen LogP) is 2.96. The number of piperazine rings is 1. The summed E-state index contributed by atoms with van der Waals surface area (Å²) in [7, 11) is 0. The van der Waals surface area contributed by atoms with Crippen molar-refractivity contribution in [2.75, 3.05) is 36.4 Å². The van der Waals surface area contributed by atoms with Gasteiger partial charge in [-0.15, -0.1) is 0 Å². The van der Waals surface area contributed by atoms with Crippen LogP contribution in [0.15, 0.2) is 55.1 Å². The van der Waals surface area contributed by atoms with E-state index in [1.54, 1.807) is 52.2 Å². The minimum atomic E-state index is -0.256. The number of nitrogens with one attached hydrogen (secondary N) is 1. The number of carbonyl (C=O) groups excluding carboxylic acids is 2. The normalized spacial score (nSPS) is 14.0. The van der Waals surface area contributed by atoms with Crippen molar-refractivity contribution in [3.05, 3.63) is 66.6 Å². The molecule has 1 saturated heterocycles. The predicted molar refractivity (Wildman–Crippen MR) is 119 cm³/mol. The van der Waals surface area contributed by atoms with Crippen LogP contribution in [0.25, 0.3) is 5.82 Å². The van der Waals surface area contributed by atoms with E-state index in [1.165, 1.54) is 12.4 Å². The maximum atomic E-state index is 14.0. The molecule has 0 atom stereocenters. The molecule has 0 radical (unpaired) electrons. The summed E-state index contributed by atoms with van der Waals surface area (Å²) in [5.74, 6) is -0.0369. The zero-order valence-electron chi connectivity index (χ0n) is 18.0. The zero-order chi connectivity index (χ0) is 22.7. The number of anilines is 2. The van der Waals surface area contributed by atoms with E-state index in [2.05, 4.69) is 15.3 Å². The third kappa shape index (κ3) is 4.61. The van der Waals surface area contributed by atoms with Crippen molar-refractivity contribution in [1.29, 1.82) is 0 Å². The summed E-state index contributed by atoms with van der Waals surface area (Å²) in [6.45, 7) is 5.73. The lowest BCUT2D eigenvalue weighted by atomic mass is 10.2. The molecule has 3 aromatic rings. The summed E-state index contributed by atoms with van der Waals surface area (Å²) in [6, 6.07) is 10.2. The Balaban J connectivity index is 1.38. The van der Waals surface area contributed by atoms with Gasteiger partial charge in [-0.2, -0.15) is 0 Å². The van der Waals surface area contributed by atoms with E-state index in [9.17, 15) is 14.0 Å². The van der Waals surface area contributed by atoms with Crippen molar-refractivity contribution in [2.24, 2.45) is 5.92 Å². The van der Waals surface area contributed by atoms with Gasteiger partial charge in [-0.1, -0.05) is 26.0 Å². The van der Waals surface area contributed by atoms with Crippen molar-refractivity contribution >= 4 is 23.2 Å². The SMILES string of the molecule is CC(C)C(=O)Nc1ccc(-n2cnc(C(=O)N3CCN(c4ccccc4F)CC3)c2)nc1. The zero-order valence-corrected chi connectivity index (χ0v) is 18.0. The molecule has 166 valence electrons. The van der Waals surface area contributed by atoms with Crippen LogP contribution in [0.5, 0.6) is 0 Å². The molecule has 0 aliphatic carbocycles. The van der Waals surface area contributed by atoms with Crippen LogP contribution >= 0.6 is 0 Å². The maximum absolute atomic E-state index is 14.0. The summed E-state index contributed by atoms with van der Waals surface area (Å²) < 4.78 is 15.7. The van der Waals surface area contributed by atoms with E-state index in [0.717, 1.165) is 0 Å². The molecule has 1 fully saturated rings. The summed E-state index contributed by atoms with van der Waals surface area (Å²) in [4.78, 5) is 36.9. The highest BCUT2D eigenvalue weighted by atomic mass is 19.1. The van der Waals surface area contributed by atoms with Gasteiger partial charge in [0.1, 0.15) is 23.7 Å². The first-order valence-corrected chi connectivity index (χ1v) is 10.5. The van der Waals surface area contributed by atoms with Crippen molar-refractivity contribution in [3.8, 4) is 5.82 Å². The number of halogens is 1. The highest BCUT2D eigenvalue weighted by Crippen LogP contribution is 2.21. The standard InChI is InChI=1S/C23H25FN6O2/c1-16(2)22(31)27-17-7-8-21(25-13-17)30-14-19(26-15-30)23(32)29-11-9-28(10-12-29)20-6-4-3-5-18(20)24/h3-8,13-16H,9-12H2,1-2H3,(H,27,31). The second kappa shape index (κ2) is 9.17. The number of hydrogen-bond acceptors (Lipinski definition) is 5. The Morgan fingerprint density at radius 3 is 2.44 bits per heavy atom. The molecule has 0 bridgehead atoms. The number of rotatable bonds is 5. The van der Waals surface area contributed by atoms with E-state index in [0.29, 0.717) is 49.1 Å². The van der Waals surface area contributed by atoms with Crippen LogP contribution in [0.4, 0.5) is 15.8 Å². The van der Waals surface area contributed by atoms with Crippen molar-refractivity contribution < 1.29 is 14.0 Å². The number of benzene rings is 1. The number of imidazole rings is 1. The molecule has 32 heavy (non-hydrogen) atoms. The fraction of sp³-hybridized carbons (Fsp3) is 0.304.